The standard InChI is InChI=1S/C31H25F3N2O2/c32-31(33,34)25-14-11-22(12-15-25)27-8-4-5-9-28(27)30(38)35-26-16-13-23-19-36(20-24(23)18-26)29(37)17-10-21-6-2-1-3-7-21/h1-9,11-16,18H,10,17,19-20H2,(H,35,38). The third kappa shape index (κ3) is 5.62. The largest absolute Gasteiger partial charge is 0.416 e. The Labute approximate surface area is 218 Å². The minimum atomic E-state index is -4.43. The van der Waals surface area contributed by atoms with E-state index >= 15 is 0 Å². The first kappa shape index (κ1) is 25.3. The molecule has 1 heterocycles. The Morgan fingerprint density at radius 2 is 1.47 bits per heavy atom. The van der Waals surface area contributed by atoms with Crippen LogP contribution in [0.4, 0.5) is 18.9 Å². The average Bonchev–Trinajstić information content (AvgIpc) is 3.35. The summed E-state index contributed by atoms with van der Waals surface area (Å²) in [5.74, 6) is -0.282. The van der Waals surface area contributed by atoms with Crippen LogP contribution in [0.2, 0.25) is 0 Å². The summed E-state index contributed by atoms with van der Waals surface area (Å²) in [4.78, 5) is 27.8. The second-order valence-electron chi connectivity index (χ2n) is 9.29. The monoisotopic (exact) mass is 514 g/mol. The van der Waals surface area contributed by atoms with Crippen LogP contribution in [-0.4, -0.2) is 16.7 Å². The fourth-order valence-electron chi connectivity index (χ4n) is 4.67. The van der Waals surface area contributed by atoms with E-state index in [-0.39, 0.29) is 11.8 Å². The number of aryl methyl sites for hydroxylation is 1. The molecular formula is C31H25F3N2O2. The molecule has 38 heavy (non-hydrogen) atoms. The Kier molecular flexibility index (Phi) is 7.01. The molecule has 0 aliphatic carbocycles. The molecule has 0 aromatic heterocycles. The number of rotatable bonds is 6. The maximum Gasteiger partial charge on any atom is 0.416 e. The smallest absolute Gasteiger partial charge is 0.334 e. The highest BCUT2D eigenvalue weighted by Crippen LogP contribution is 2.32. The molecule has 0 saturated carbocycles. The van der Waals surface area contributed by atoms with Gasteiger partial charge in [0.05, 0.1) is 5.56 Å². The fraction of sp³-hybridized carbons (Fsp3) is 0.161. The third-order valence-corrected chi connectivity index (χ3v) is 6.70. The first-order valence-corrected chi connectivity index (χ1v) is 12.3. The molecule has 0 bridgehead atoms. The number of halogens is 3. The van der Waals surface area contributed by atoms with Gasteiger partial charge < -0.3 is 10.2 Å². The number of fused-ring (bicyclic) bond motifs is 1. The van der Waals surface area contributed by atoms with Crippen LogP contribution >= 0.6 is 0 Å². The van der Waals surface area contributed by atoms with E-state index < -0.39 is 11.7 Å². The normalized spacial score (nSPS) is 12.8. The maximum absolute atomic E-state index is 13.2. The Morgan fingerprint density at radius 1 is 0.789 bits per heavy atom. The molecule has 5 rings (SSSR count). The van der Waals surface area contributed by atoms with Gasteiger partial charge in [-0.05, 0) is 64.6 Å². The highest BCUT2D eigenvalue weighted by atomic mass is 19.4. The second kappa shape index (κ2) is 10.5. The van der Waals surface area contributed by atoms with Crippen LogP contribution in [0.15, 0.2) is 97.1 Å². The lowest BCUT2D eigenvalue weighted by molar-refractivity contribution is -0.137. The summed E-state index contributed by atoms with van der Waals surface area (Å²) in [6, 6.07) is 27.0. The van der Waals surface area contributed by atoms with Gasteiger partial charge in [-0.25, -0.2) is 0 Å². The first-order valence-electron chi connectivity index (χ1n) is 12.3. The van der Waals surface area contributed by atoms with E-state index in [0.717, 1.165) is 28.8 Å². The molecule has 4 aromatic rings. The van der Waals surface area contributed by atoms with Crippen LogP contribution in [0.1, 0.15) is 39.0 Å². The van der Waals surface area contributed by atoms with Gasteiger partial charge in [0, 0.05) is 30.8 Å². The number of carbonyl (C=O) groups excluding carboxylic acids is 2. The summed E-state index contributed by atoms with van der Waals surface area (Å²) >= 11 is 0. The van der Waals surface area contributed by atoms with E-state index in [1.165, 1.54) is 12.1 Å². The van der Waals surface area contributed by atoms with Crippen LogP contribution in [0.3, 0.4) is 0 Å². The van der Waals surface area contributed by atoms with Crippen molar-refractivity contribution in [2.75, 3.05) is 5.32 Å². The number of amides is 2. The lowest BCUT2D eigenvalue weighted by Gasteiger charge is -2.15. The van der Waals surface area contributed by atoms with Crippen LogP contribution < -0.4 is 5.32 Å². The minimum Gasteiger partial charge on any atom is -0.334 e. The van der Waals surface area contributed by atoms with Gasteiger partial charge in [-0.1, -0.05) is 66.7 Å². The lowest BCUT2D eigenvalue weighted by Crippen LogP contribution is -2.25. The Hall–Kier alpha value is -4.39. The second-order valence-corrected chi connectivity index (χ2v) is 9.29. The van der Waals surface area contributed by atoms with E-state index in [0.29, 0.717) is 48.3 Å². The van der Waals surface area contributed by atoms with Gasteiger partial charge in [-0.15, -0.1) is 0 Å². The molecule has 0 unspecified atom stereocenters. The van der Waals surface area contributed by atoms with Crippen molar-refractivity contribution in [1.29, 1.82) is 0 Å². The molecule has 0 spiro atoms. The van der Waals surface area contributed by atoms with Gasteiger partial charge in [0.2, 0.25) is 5.91 Å². The van der Waals surface area contributed by atoms with Crippen molar-refractivity contribution in [3.05, 3.63) is 125 Å². The zero-order chi connectivity index (χ0) is 26.7. The molecule has 0 fully saturated rings. The van der Waals surface area contributed by atoms with E-state index in [1.807, 2.05) is 47.4 Å². The molecule has 4 aromatic carbocycles. The Bertz CT molecular complexity index is 1460. The molecule has 0 atom stereocenters. The summed E-state index contributed by atoms with van der Waals surface area (Å²) in [5.41, 5.74) is 4.40. The SMILES string of the molecule is O=C(Nc1ccc2c(c1)CN(C(=O)CCc1ccccc1)C2)c1ccccc1-c1ccc(C(F)(F)F)cc1. The summed E-state index contributed by atoms with van der Waals surface area (Å²) in [6.07, 6.45) is -3.31. The molecule has 1 aliphatic heterocycles. The average molecular weight is 515 g/mol. The number of carbonyl (C=O) groups is 2. The van der Waals surface area contributed by atoms with Crippen molar-refractivity contribution in [2.45, 2.75) is 32.1 Å². The fourth-order valence-corrected chi connectivity index (χ4v) is 4.67. The predicted molar refractivity (Wildman–Crippen MR) is 140 cm³/mol. The number of hydrogen-bond acceptors (Lipinski definition) is 2. The van der Waals surface area contributed by atoms with Crippen molar-refractivity contribution < 1.29 is 22.8 Å². The molecule has 0 saturated heterocycles. The van der Waals surface area contributed by atoms with E-state index in [2.05, 4.69) is 5.32 Å². The van der Waals surface area contributed by atoms with Crippen molar-refractivity contribution in [3.63, 3.8) is 0 Å². The van der Waals surface area contributed by atoms with Crippen molar-refractivity contribution >= 4 is 17.5 Å². The zero-order valence-electron chi connectivity index (χ0n) is 20.5. The molecular weight excluding hydrogens is 489 g/mol. The van der Waals surface area contributed by atoms with Gasteiger partial charge in [0.15, 0.2) is 0 Å². The van der Waals surface area contributed by atoms with Crippen molar-refractivity contribution in [1.82, 2.24) is 4.90 Å². The van der Waals surface area contributed by atoms with E-state index in [4.69, 9.17) is 0 Å². The zero-order valence-corrected chi connectivity index (χ0v) is 20.5. The van der Waals surface area contributed by atoms with Crippen LogP contribution in [-0.2, 0) is 30.5 Å². The lowest BCUT2D eigenvalue weighted by atomic mass is 9.98. The van der Waals surface area contributed by atoms with Crippen molar-refractivity contribution in [2.24, 2.45) is 0 Å². The molecule has 1 N–H and O–H groups in total. The maximum atomic E-state index is 13.2. The number of nitrogens with zero attached hydrogens (tertiary/aromatic N) is 1. The summed E-state index contributed by atoms with van der Waals surface area (Å²) in [7, 11) is 0. The minimum absolute atomic E-state index is 0.0844. The van der Waals surface area contributed by atoms with Crippen LogP contribution in [0, 0.1) is 0 Å². The van der Waals surface area contributed by atoms with Gasteiger partial charge >= 0.3 is 6.18 Å². The number of alkyl halides is 3. The number of nitrogens with one attached hydrogen (secondary N) is 1. The third-order valence-electron chi connectivity index (χ3n) is 6.70. The molecule has 2 amide bonds. The molecule has 1 aliphatic rings. The molecule has 192 valence electrons. The van der Waals surface area contributed by atoms with E-state index in [1.54, 1.807) is 30.3 Å². The topological polar surface area (TPSA) is 49.4 Å². The first-order chi connectivity index (χ1) is 18.3. The van der Waals surface area contributed by atoms with E-state index in [9.17, 15) is 22.8 Å². The van der Waals surface area contributed by atoms with Gasteiger partial charge in [-0.3, -0.25) is 9.59 Å². The highest BCUT2D eigenvalue weighted by molar-refractivity contribution is 6.08. The Morgan fingerprint density at radius 3 is 2.21 bits per heavy atom. The summed E-state index contributed by atoms with van der Waals surface area (Å²) < 4.78 is 38.9. The Balaban J connectivity index is 1.26. The molecule has 0 radical (unpaired) electrons. The van der Waals surface area contributed by atoms with Gasteiger partial charge in [0.25, 0.3) is 5.91 Å². The highest BCUT2D eigenvalue weighted by Gasteiger charge is 2.30. The predicted octanol–water partition coefficient (Wildman–Crippen LogP) is 7.10. The molecule has 4 nitrogen and oxygen atoms in total. The number of anilines is 1. The van der Waals surface area contributed by atoms with Crippen molar-refractivity contribution in [3.8, 4) is 11.1 Å². The molecule has 7 heteroatoms. The van der Waals surface area contributed by atoms with Crippen LogP contribution in [0.25, 0.3) is 11.1 Å². The van der Waals surface area contributed by atoms with Gasteiger partial charge in [0.1, 0.15) is 0 Å². The number of benzene rings is 4. The number of hydrogen-bond donors (Lipinski definition) is 1. The summed E-state index contributed by atoms with van der Waals surface area (Å²) in [5, 5.41) is 2.90. The quantitative estimate of drug-likeness (QED) is 0.298. The van der Waals surface area contributed by atoms with Gasteiger partial charge in [-0.2, -0.15) is 13.2 Å². The van der Waals surface area contributed by atoms with Crippen LogP contribution in [0.5, 0.6) is 0 Å². The summed E-state index contributed by atoms with van der Waals surface area (Å²) in [6.45, 7) is 1.02.